The Bertz CT molecular complexity index is 713. The third-order valence-electron chi connectivity index (χ3n) is 4.77. The van der Waals surface area contributed by atoms with Crippen LogP contribution in [0.25, 0.3) is 0 Å². The van der Waals surface area contributed by atoms with Crippen LogP contribution >= 0.6 is 0 Å². The third-order valence-corrected chi connectivity index (χ3v) is 4.77. The molecule has 2 atom stereocenters. The summed E-state index contributed by atoms with van der Waals surface area (Å²) in [6, 6.07) is -1.46. The first-order valence-corrected chi connectivity index (χ1v) is 9.95. The lowest BCUT2D eigenvalue weighted by atomic mass is 9.86. The lowest BCUT2D eigenvalue weighted by molar-refractivity contribution is -0.137. The molecule has 1 rings (SSSR count). The summed E-state index contributed by atoms with van der Waals surface area (Å²) in [6.45, 7) is 5.27. The highest BCUT2D eigenvalue weighted by atomic mass is 16.2. The molecule has 0 aromatic rings. The van der Waals surface area contributed by atoms with Crippen molar-refractivity contribution in [3.05, 3.63) is 12.2 Å². The van der Waals surface area contributed by atoms with E-state index in [2.05, 4.69) is 10.6 Å². The molecule has 0 aromatic heterocycles. The number of nitrogens with one attached hydrogen (secondary N) is 2. The number of carbonyl (C=O) groups excluding carboxylic acids is 6. The van der Waals surface area contributed by atoms with Crippen LogP contribution < -0.4 is 16.4 Å². The molecule has 166 valence electrons. The van der Waals surface area contributed by atoms with Crippen molar-refractivity contribution in [1.82, 2.24) is 15.5 Å². The predicted octanol–water partition coefficient (Wildman–Crippen LogP) is 0.0552. The van der Waals surface area contributed by atoms with E-state index in [0.29, 0.717) is 19.4 Å². The Morgan fingerprint density at radius 2 is 1.67 bits per heavy atom. The minimum Gasteiger partial charge on any atom is -0.352 e. The molecule has 0 aliphatic carbocycles. The lowest BCUT2D eigenvalue weighted by Gasteiger charge is -2.20. The van der Waals surface area contributed by atoms with E-state index in [1.807, 2.05) is 0 Å². The quantitative estimate of drug-likeness (QED) is 0.281. The number of nitrogens with two attached hydrogens (primary N) is 1. The van der Waals surface area contributed by atoms with E-state index in [1.165, 1.54) is 6.92 Å². The molecule has 1 aliphatic heterocycles. The number of nitrogens with zero attached hydrogens (tertiary/aromatic N) is 1. The first-order valence-electron chi connectivity index (χ1n) is 9.95. The molecule has 10 heteroatoms. The van der Waals surface area contributed by atoms with Gasteiger partial charge in [-0.25, -0.2) is 4.79 Å². The molecule has 0 fully saturated rings. The number of urea groups is 1. The second kappa shape index (κ2) is 11.8. The van der Waals surface area contributed by atoms with Crippen LogP contribution in [0.1, 0.15) is 46.5 Å². The SMILES string of the molecule is CC(C)C(=O)[C@H](CCCNC(N)=O)CC(=O)[C@H](C)NC(=O)CCN1C(=O)C=CC1=O. The van der Waals surface area contributed by atoms with Crippen molar-refractivity contribution < 1.29 is 28.8 Å². The Kier molecular flexibility index (Phi) is 9.87. The molecule has 0 unspecified atom stereocenters. The van der Waals surface area contributed by atoms with Crippen LogP contribution in [0.3, 0.4) is 0 Å². The number of imide groups is 1. The lowest BCUT2D eigenvalue weighted by Crippen LogP contribution is -2.42. The maximum Gasteiger partial charge on any atom is 0.312 e. The van der Waals surface area contributed by atoms with Gasteiger partial charge in [0.2, 0.25) is 5.91 Å². The molecule has 10 nitrogen and oxygen atoms in total. The van der Waals surface area contributed by atoms with Gasteiger partial charge in [-0.2, -0.15) is 0 Å². The third kappa shape index (κ3) is 8.14. The number of carbonyl (C=O) groups is 6. The summed E-state index contributed by atoms with van der Waals surface area (Å²) in [5.41, 5.74) is 5.01. The fourth-order valence-corrected chi connectivity index (χ4v) is 3.06. The van der Waals surface area contributed by atoms with Gasteiger partial charge in [0, 0.05) is 49.9 Å². The van der Waals surface area contributed by atoms with Crippen molar-refractivity contribution in [2.45, 2.75) is 52.5 Å². The first kappa shape index (κ1) is 25.0. The molecule has 0 aromatic carbocycles. The smallest absolute Gasteiger partial charge is 0.312 e. The average Bonchev–Trinajstić information content (AvgIpc) is 2.99. The number of ketones is 2. The Balaban J connectivity index is 2.52. The maximum atomic E-state index is 12.5. The zero-order valence-corrected chi connectivity index (χ0v) is 17.6. The Morgan fingerprint density at radius 1 is 1.07 bits per heavy atom. The van der Waals surface area contributed by atoms with Crippen molar-refractivity contribution in [2.24, 2.45) is 17.6 Å². The van der Waals surface area contributed by atoms with Gasteiger partial charge < -0.3 is 16.4 Å². The van der Waals surface area contributed by atoms with Gasteiger partial charge in [0.25, 0.3) is 11.8 Å². The van der Waals surface area contributed by atoms with Crippen LogP contribution in [0.5, 0.6) is 0 Å². The highest BCUT2D eigenvalue weighted by Gasteiger charge is 2.27. The zero-order chi connectivity index (χ0) is 22.8. The summed E-state index contributed by atoms with van der Waals surface area (Å²) in [5, 5.41) is 4.99. The van der Waals surface area contributed by atoms with E-state index in [9.17, 15) is 28.8 Å². The van der Waals surface area contributed by atoms with Gasteiger partial charge in [-0.05, 0) is 19.8 Å². The average molecular weight is 422 g/mol. The number of hydrogen-bond donors (Lipinski definition) is 3. The standard InChI is InChI=1S/C20H30N4O6/c1-12(2)19(29)14(5-4-9-22-20(21)30)11-15(25)13(3)23-16(26)8-10-24-17(27)6-7-18(24)28/h6-7,12-14H,4-5,8-11H2,1-3H3,(H,23,26)(H3,21,22,30)/t13-,14+/m0/s1. The molecular formula is C20H30N4O6. The van der Waals surface area contributed by atoms with Crippen molar-refractivity contribution >= 4 is 35.3 Å². The normalized spacial score (nSPS) is 15.3. The van der Waals surface area contributed by atoms with Gasteiger partial charge in [0.05, 0.1) is 6.04 Å². The summed E-state index contributed by atoms with van der Waals surface area (Å²) in [6.07, 6.45) is 3.03. The van der Waals surface area contributed by atoms with Gasteiger partial charge in [0.15, 0.2) is 5.78 Å². The van der Waals surface area contributed by atoms with E-state index >= 15 is 0 Å². The second-order valence-corrected chi connectivity index (χ2v) is 7.56. The Morgan fingerprint density at radius 3 is 2.20 bits per heavy atom. The summed E-state index contributed by atoms with van der Waals surface area (Å²) in [7, 11) is 0. The number of amides is 5. The zero-order valence-electron chi connectivity index (χ0n) is 17.6. The van der Waals surface area contributed by atoms with E-state index < -0.39 is 35.7 Å². The Labute approximate surface area is 175 Å². The van der Waals surface area contributed by atoms with Crippen molar-refractivity contribution in [3.8, 4) is 0 Å². The van der Waals surface area contributed by atoms with Crippen LogP contribution in [-0.4, -0.2) is 59.4 Å². The number of Topliss-reactive ketones (excluding diaryl/α,β-unsaturated/α-hetero) is 2. The van der Waals surface area contributed by atoms with E-state index in [1.54, 1.807) is 13.8 Å². The fraction of sp³-hybridized carbons (Fsp3) is 0.600. The molecular weight excluding hydrogens is 392 g/mol. The van der Waals surface area contributed by atoms with Gasteiger partial charge in [-0.15, -0.1) is 0 Å². The molecule has 1 aliphatic rings. The van der Waals surface area contributed by atoms with Crippen LogP contribution in [0.2, 0.25) is 0 Å². The van der Waals surface area contributed by atoms with Crippen molar-refractivity contribution in [3.63, 3.8) is 0 Å². The van der Waals surface area contributed by atoms with Crippen molar-refractivity contribution in [2.75, 3.05) is 13.1 Å². The van der Waals surface area contributed by atoms with E-state index in [4.69, 9.17) is 5.73 Å². The molecule has 1 heterocycles. The second-order valence-electron chi connectivity index (χ2n) is 7.56. The fourth-order valence-electron chi connectivity index (χ4n) is 3.06. The summed E-state index contributed by atoms with van der Waals surface area (Å²) in [4.78, 5) is 71.7. The minimum absolute atomic E-state index is 0.0257. The van der Waals surface area contributed by atoms with Crippen LogP contribution in [0, 0.1) is 11.8 Å². The highest BCUT2D eigenvalue weighted by Crippen LogP contribution is 2.18. The molecule has 0 bridgehead atoms. The van der Waals surface area contributed by atoms with Gasteiger partial charge in [-0.1, -0.05) is 13.8 Å². The van der Waals surface area contributed by atoms with E-state index in [0.717, 1.165) is 17.1 Å². The van der Waals surface area contributed by atoms with Gasteiger partial charge in [-0.3, -0.25) is 28.9 Å². The van der Waals surface area contributed by atoms with Crippen LogP contribution in [0.15, 0.2) is 12.2 Å². The monoisotopic (exact) mass is 422 g/mol. The molecule has 4 N–H and O–H groups in total. The highest BCUT2D eigenvalue weighted by molar-refractivity contribution is 6.13. The first-order chi connectivity index (χ1) is 14.0. The summed E-state index contributed by atoms with van der Waals surface area (Å²) in [5.74, 6) is -2.53. The van der Waals surface area contributed by atoms with Gasteiger partial charge in [0.1, 0.15) is 5.78 Å². The number of hydrogen-bond acceptors (Lipinski definition) is 6. The largest absolute Gasteiger partial charge is 0.352 e. The summed E-state index contributed by atoms with van der Waals surface area (Å²) < 4.78 is 0. The Hall–Kier alpha value is -3.04. The summed E-state index contributed by atoms with van der Waals surface area (Å²) >= 11 is 0. The molecule has 0 saturated heterocycles. The van der Waals surface area contributed by atoms with Crippen LogP contribution in [0.4, 0.5) is 4.79 Å². The molecule has 0 radical (unpaired) electrons. The predicted molar refractivity (Wildman–Crippen MR) is 108 cm³/mol. The molecule has 0 spiro atoms. The molecule has 30 heavy (non-hydrogen) atoms. The van der Waals surface area contributed by atoms with Gasteiger partial charge >= 0.3 is 6.03 Å². The molecule has 5 amide bonds. The van der Waals surface area contributed by atoms with Crippen LogP contribution in [-0.2, 0) is 24.0 Å². The minimum atomic E-state index is -0.813. The molecule has 0 saturated carbocycles. The number of rotatable bonds is 13. The van der Waals surface area contributed by atoms with E-state index in [-0.39, 0.29) is 36.9 Å². The number of primary amides is 1. The topological polar surface area (TPSA) is 156 Å². The maximum absolute atomic E-state index is 12.5. The van der Waals surface area contributed by atoms with Crippen molar-refractivity contribution in [1.29, 1.82) is 0 Å².